The number of carboxylic acid groups (broad SMARTS) is 1. The molecular weight excluding hydrogens is 440 g/mol. The lowest BCUT2D eigenvalue weighted by Gasteiger charge is -2.22. The van der Waals surface area contributed by atoms with E-state index >= 15 is 0 Å². The number of anilines is 2. The maximum absolute atomic E-state index is 12.9. The van der Waals surface area contributed by atoms with Crippen LogP contribution in [-0.4, -0.2) is 36.3 Å². The highest BCUT2D eigenvalue weighted by atomic mass is 32.2. The van der Waals surface area contributed by atoms with Crippen molar-refractivity contribution in [3.05, 3.63) is 70.5 Å². The van der Waals surface area contributed by atoms with Crippen molar-refractivity contribution in [2.75, 3.05) is 16.7 Å². The zero-order chi connectivity index (χ0) is 24.3. The summed E-state index contributed by atoms with van der Waals surface area (Å²) in [7, 11) is -2.06. The molecular formula is C24H30N4O4S. The summed E-state index contributed by atoms with van der Waals surface area (Å²) in [5, 5.41) is 14.3. The van der Waals surface area contributed by atoms with Gasteiger partial charge in [-0.05, 0) is 68.7 Å². The van der Waals surface area contributed by atoms with E-state index in [1.54, 1.807) is 38.2 Å². The van der Waals surface area contributed by atoms with Crippen molar-refractivity contribution in [2.45, 2.75) is 52.1 Å². The standard InChI is InChI=1S/C24H30N4O4S/c1-6-11-28-20(13-18(4)25-28)15-27(5)22-10-9-19(14-21(22)24(29)30)26-33(31,32)23-12-16(2)7-8-17(23)3/h7-10,12-14,26H,6,11,15H2,1-5H3,(H,29,30). The number of nitrogens with zero attached hydrogens (tertiary/aromatic N) is 3. The Morgan fingerprint density at radius 3 is 2.52 bits per heavy atom. The van der Waals surface area contributed by atoms with Gasteiger partial charge in [-0.3, -0.25) is 9.40 Å². The number of hydrogen-bond donors (Lipinski definition) is 2. The first kappa shape index (κ1) is 24.3. The van der Waals surface area contributed by atoms with Crippen molar-refractivity contribution in [3.63, 3.8) is 0 Å². The fourth-order valence-corrected chi connectivity index (χ4v) is 5.15. The number of carbonyl (C=O) groups is 1. The monoisotopic (exact) mass is 470 g/mol. The summed E-state index contributed by atoms with van der Waals surface area (Å²) in [6.45, 7) is 8.79. The maximum Gasteiger partial charge on any atom is 0.337 e. The molecule has 0 fully saturated rings. The minimum atomic E-state index is -3.87. The van der Waals surface area contributed by atoms with E-state index < -0.39 is 16.0 Å². The molecule has 2 aromatic carbocycles. The van der Waals surface area contributed by atoms with E-state index in [2.05, 4.69) is 16.7 Å². The number of sulfonamides is 1. The second-order valence-electron chi connectivity index (χ2n) is 8.27. The summed E-state index contributed by atoms with van der Waals surface area (Å²) in [6, 6.07) is 11.7. The predicted octanol–water partition coefficient (Wildman–Crippen LogP) is 4.35. The van der Waals surface area contributed by atoms with Gasteiger partial charge in [0.1, 0.15) is 0 Å². The highest BCUT2D eigenvalue weighted by molar-refractivity contribution is 7.92. The molecule has 0 saturated heterocycles. The number of benzene rings is 2. The summed E-state index contributed by atoms with van der Waals surface area (Å²) < 4.78 is 30.3. The Morgan fingerprint density at radius 1 is 1.12 bits per heavy atom. The van der Waals surface area contributed by atoms with E-state index in [1.807, 2.05) is 35.6 Å². The van der Waals surface area contributed by atoms with Gasteiger partial charge in [0.25, 0.3) is 10.0 Å². The molecule has 3 aromatic rings. The Balaban J connectivity index is 1.91. The van der Waals surface area contributed by atoms with Crippen LogP contribution < -0.4 is 9.62 Å². The van der Waals surface area contributed by atoms with Gasteiger partial charge in [0.2, 0.25) is 0 Å². The van der Waals surface area contributed by atoms with Crippen LogP contribution in [0.1, 0.15) is 46.2 Å². The first-order valence-electron chi connectivity index (χ1n) is 10.7. The number of hydrogen-bond acceptors (Lipinski definition) is 5. The molecule has 0 amide bonds. The van der Waals surface area contributed by atoms with Gasteiger partial charge >= 0.3 is 5.97 Å². The molecule has 0 aliphatic carbocycles. The molecule has 33 heavy (non-hydrogen) atoms. The van der Waals surface area contributed by atoms with Gasteiger partial charge in [-0.2, -0.15) is 5.10 Å². The van der Waals surface area contributed by atoms with Crippen LogP contribution in [0.3, 0.4) is 0 Å². The van der Waals surface area contributed by atoms with E-state index in [9.17, 15) is 18.3 Å². The van der Waals surface area contributed by atoms with Crippen LogP contribution in [0, 0.1) is 20.8 Å². The largest absolute Gasteiger partial charge is 0.478 e. The number of aromatic carboxylic acids is 1. The zero-order valence-electron chi connectivity index (χ0n) is 19.6. The van der Waals surface area contributed by atoms with Gasteiger partial charge < -0.3 is 10.0 Å². The molecule has 0 spiro atoms. The number of aromatic nitrogens is 2. The van der Waals surface area contributed by atoms with Crippen molar-refractivity contribution < 1.29 is 18.3 Å². The van der Waals surface area contributed by atoms with E-state index in [-0.39, 0.29) is 16.1 Å². The van der Waals surface area contributed by atoms with E-state index in [4.69, 9.17) is 0 Å². The van der Waals surface area contributed by atoms with Gasteiger partial charge in [-0.25, -0.2) is 13.2 Å². The Kier molecular flexibility index (Phi) is 7.12. The number of rotatable bonds is 9. The molecule has 8 nitrogen and oxygen atoms in total. The summed E-state index contributed by atoms with van der Waals surface area (Å²) in [6.07, 6.45) is 0.938. The quantitative estimate of drug-likeness (QED) is 0.482. The fourth-order valence-electron chi connectivity index (χ4n) is 3.77. The average molecular weight is 471 g/mol. The predicted molar refractivity (Wildman–Crippen MR) is 129 cm³/mol. The molecule has 0 unspecified atom stereocenters. The molecule has 1 aromatic heterocycles. The lowest BCUT2D eigenvalue weighted by molar-refractivity contribution is 0.0697. The molecule has 0 radical (unpaired) electrons. The lowest BCUT2D eigenvalue weighted by Crippen LogP contribution is -2.22. The first-order valence-corrected chi connectivity index (χ1v) is 12.2. The highest BCUT2D eigenvalue weighted by Gasteiger charge is 2.21. The van der Waals surface area contributed by atoms with E-state index in [0.717, 1.165) is 29.9 Å². The van der Waals surface area contributed by atoms with Gasteiger partial charge in [0, 0.05) is 19.3 Å². The average Bonchev–Trinajstić information content (AvgIpc) is 3.08. The number of carboxylic acids is 1. The third-order valence-corrected chi connectivity index (χ3v) is 6.87. The number of nitrogens with one attached hydrogen (secondary N) is 1. The molecule has 0 saturated carbocycles. The Bertz CT molecular complexity index is 1280. The lowest BCUT2D eigenvalue weighted by atomic mass is 10.1. The van der Waals surface area contributed by atoms with Crippen LogP contribution in [0.4, 0.5) is 11.4 Å². The fraction of sp³-hybridized carbons (Fsp3) is 0.333. The van der Waals surface area contributed by atoms with Gasteiger partial charge in [-0.1, -0.05) is 19.1 Å². The van der Waals surface area contributed by atoms with Crippen LogP contribution in [0.2, 0.25) is 0 Å². The summed E-state index contributed by atoms with van der Waals surface area (Å²) in [5.74, 6) is -1.14. The molecule has 176 valence electrons. The van der Waals surface area contributed by atoms with Crippen molar-refractivity contribution >= 4 is 27.4 Å². The second kappa shape index (κ2) is 9.66. The molecule has 0 aliphatic rings. The summed E-state index contributed by atoms with van der Waals surface area (Å²) >= 11 is 0. The van der Waals surface area contributed by atoms with Crippen LogP contribution in [0.25, 0.3) is 0 Å². The zero-order valence-corrected chi connectivity index (χ0v) is 20.4. The maximum atomic E-state index is 12.9. The van der Waals surface area contributed by atoms with Crippen molar-refractivity contribution in [2.24, 2.45) is 0 Å². The molecule has 0 bridgehead atoms. The SMILES string of the molecule is CCCn1nc(C)cc1CN(C)c1ccc(NS(=O)(=O)c2cc(C)ccc2C)cc1C(=O)O. The van der Waals surface area contributed by atoms with Crippen LogP contribution in [-0.2, 0) is 23.1 Å². The van der Waals surface area contributed by atoms with Crippen LogP contribution in [0.15, 0.2) is 47.4 Å². The minimum absolute atomic E-state index is 0.0111. The normalized spacial score (nSPS) is 11.4. The Hall–Kier alpha value is -3.33. The summed E-state index contributed by atoms with van der Waals surface area (Å²) in [4.78, 5) is 14.0. The molecule has 1 heterocycles. The van der Waals surface area contributed by atoms with Gasteiger partial charge in [0.05, 0.1) is 34.1 Å². The van der Waals surface area contributed by atoms with Gasteiger partial charge in [-0.15, -0.1) is 0 Å². The second-order valence-corrected chi connectivity index (χ2v) is 9.92. The molecule has 0 atom stereocenters. The third-order valence-electron chi connectivity index (χ3n) is 5.34. The summed E-state index contributed by atoms with van der Waals surface area (Å²) in [5.41, 5.74) is 4.01. The first-order chi connectivity index (χ1) is 15.5. The van der Waals surface area contributed by atoms with Crippen LogP contribution >= 0.6 is 0 Å². The van der Waals surface area contributed by atoms with Crippen LogP contribution in [0.5, 0.6) is 0 Å². The smallest absolute Gasteiger partial charge is 0.337 e. The highest BCUT2D eigenvalue weighted by Crippen LogP contribution is 2.27. The topological polar surface area (TPSA) is 105 Å². The molecule has 0 aliphatic heterocycles. The van der Waals surface area contributed by atoms with Crippen molar-refractivity contribution in [1.29, 1.82) is 0 Å². The Morgan fingerprint density at radius 2 is 1.85 bits per heavy atom. The molecule has 3 rings (SSSR count). The molecule has 9 heteroatoms. The number of aryl methyl sites for hydroxylation is 4. The van der Waals surface area contributed by atoms with Crippen molar-refractivity contribution in [1.82, 2.24) is 9.78 Å². The molecule has 2 N–H and O–H groups in total. The minimum Gasteiger partial charge on any atom is -0.478 e. The van der Waals surface area contributed by atoms with Gasteiger partial charge in [0.15, 0.2) is 0 Å². The van der Waals surface area contributed by atoms with E-state index in [0.29, 0.717) is 17.8 Å². The third kappa shape index (κ3) is 5.54. The van der Waals surface area contributed by atoms with E-state index in [1.165, 1.54) is 6.07 Å². The van der Waals surface area contributed by atoms with Crippen molar-refractivity contribution in [3.8, 4) is 0 Å². The Labute approximate surface area is 194 Å².